The summed E-state index contributed by atoms with van der Waals surface area (Å²) in [7, 11) is 0. The summed E-state index contributed by atoms with van der Waals surface area (Å²) in [6, 6.07) is 7.74. The Morgan fingerprint density at radius 1 is 1.43 bits per heavy atom. The number of amides is 1. The molecule has 1 atom stereocenters. The largest absolute Gasteiger partial charge is 0.492 e. The third-order valence-electron chi connectivity index (χ3n) is 3.55. The molecule has 0 radical (unpaired) electrons. The Labute approximate surface area is 148 Å². The highest BCUT2D eigenvalue weighted by atomic mass is 35.5. The van der Waals surface area contributed by atoms with Gasteiger partial charge in [-0.25, -0.2) is 0 Å². The topological polar surface area (TPSA) is 50.4 Å². The minimum absolute atomic E-state index is 0.0405. The van der Waals surface area contributed by atoms with Gasteiger partial charge in [-0.05, 0) is 29.8 Å². The monoisotopic (exact) mass is 368 g/mol. The van der Waals surface area contributed by atoms with Crippen molar-refractivity contribution in [1.82, 2.24) is 5.32 Å². The maximum Gasteiger partial charge on any atom is 0.242 e. The van der Waals surface area contributed by atoms with Crippen LogP contribution in [-0.2, 0) is 11.3 Å². The van der Waals surface area contributed by atoms with Gasteiger partial charge in [0.25, 0.3) is 0 Å². The van der Waals surface area contributed by atoms with E-state index in [0.717, 1.165) is 24.4 Å². The molecule has 2 aromatic rings. The number of anilines is 1. The van der Waals surface area contributed by atoms with Crippen LogP contribution in [0.25, 0.3) is 0 Å². The van der Waals surface area contributed by atoms with Gasteiger partial charge < -0.3 is 15.4 Å². The lowest BCUT2D eigenvalue weighted by atomic mass is 10.1. The van der Waals surface area contributed by atoms with Crippen LogP contribution < -0.4 is 15.4 Å². The zero-order valence-corrected chi connectivity index (χ0v) is 15.0. The number of carbonyl (C=O) groups is 1. The Morgan fingerprint density at radius 2 is 2.30 bits per heavy atom. The first kappa shape index (κ1) is 16.6. The predicted octanol–water partition coefficient (Wildman–Crippen LogP) is 3.93. The molecular weight excluding hydrogens is 352 g/mol. The van der Waals surface area contributed by atoms with E-state index in [1.54, 1.807) is 17.4 Å². The average molecular weight is 369 g/mol. The first-order valence-electron chi connectivity index (χ1n) is 7.22. The maximum atomic E-state index is 12.0. The summed E-state index contributed by atoms with van der Waals surface area (Å²) in [5.74, 6) is 0.682. The number of benzene rings is 1. The van der Waals surface area contributed by atoms with Gasteiger partial charge in [0.05, 0.1) is 10.7 Å². The number of ether oxygens (including phenoxy) is 1. The zero-order valence-electron chi connectivity index (χ0n) is 12.6. The fraction of sp³-hybridized carbons (Fsp3) is 0.312. The van der Waals surface area contributed by atoms with E-state index in [-0.39, 0.29) is 11.2 Å². The minimum Gasteiger partial charge on any atom is -0.492 e. The van der Waals surface area contributed by atoms with E-state index in [1.165, 1.54) is 16.6 Å². The molecule has 3 rings (SSSR count). The Hall–Kier alpha value is -1.21. The minimum atomic E-state index is -0.266. The summed E-state index contributed by atoms with van der Waals surface area (Å²) in [6.07, 6.45) is 1.91. The molecule has 1 amide bonds. The lowest BCUT2D eigenvalue weighted by Gasteiger charge is -2.14. The van der Waals surface area contributed by atoms with E-state index in [0.29, 0.717) is 17.3 Å². The van der Waals surface area contributed by atoms with Crippen molar-refractivity contribution in [2.45, 2.75) is 11.8 Å². The molecule has 7 heteroatoms. The normalized spacial score (nSPS) is 16.3. The Bertz CT molecular complexity index is 692. The van der Waals surface area contributed by atoms with Crippen molar-refractivity contribution in [3.05, 3.63) is 45.1 Å². The molecule has 0 spiro atoms. The molecule has 23 heavy (non-hydrogen) atoms. The lowest BCUT2D eigenvalue weighted by molar-refractivity contribution is -0.115. The van der Waals surface area contributed by atoms with Crippen molar-refractivity contribution < 1.29 is 9.53 Å². The summed E-state index contributed by atoms with van der Waals surface area (Å²) in [5, 5.41) is 8.53. The van der Waals surface area contributed by atoms with E-state index in [4.69, 9.17) is 16.3 Å². The van der Waals surface area contributed by atoms with E-state index >= 15 is 0 Å². The van der Waals surface area contributed by atoms with Crippen LogP contribution in [0.2, 0.25) is 5.02 Å². The number of hydrogen-bond donors (Lipinski definition) is 2. The summed E-state index contributed by atoms with van der Waals surface area (Å²) in [4.78, 5) is 13.3. The molecule has 1 aliphatic rings. The van der Waals surface area contributed by atoms with Crippen molar-refractivity contribution >= 4 is 46.3 Å². The number of thioether (sulfide) groups is 1. The van der Waals surface area contributed by atoms with Crippen LogP contribution in [0.3, 0.4) is 0 Å². The van der Waals surface area contributed by atoms with E-state index in [1.807, 2.05) is 18.4 Å². The number of nitrogens with one attached hydrogen (secondary N) is 2. The van der Waals surface area contributed by atoms with E-state index in [2.05, 4.69) is 22.1 Å². The quantitative estimate of drug-likeness (QED) is 0.727. The van der Waals surface area contributed by atoms with Crippen LogP contribution in [0.5, 0.6) is 5.75 Å². The van der Waals surface area contributed by atoms with Gasteiger partial charge in [-0.1, -0.05) is 17.7 Å². The molecule has 0 saturated carbocycles. The number of thiophene rings is 1. The van der Waals surface area contributed by atoms with E-state index in [9.17, 15) is 4.79 Å². The molecular formula is C16H17ClN2O2S2. The summed E-state index contributed by atoms with van der Waals surface area (Å²) in [6.45, 7) is 2.11. The highest BCUT2D eigenvalue weighted by molar-refractivity contribution is 7.99. The zero-order chi connectivity index (χ0) is 16.2. The Kier molecular flexibility index (Phi) is 5.48. The predicted molar refractivity (Wildman–Crippen MR) is 97.9 cm³/mol. The highest BCUT2D eigenvalue weighted by Crippen LogP contribution is 2.47. The van der Waals surface area contributed by atoms with Crippen LogP contribution in [0.1, 0.15) is 15.7 Å². The number of halogens is 1. The molecule has 122 valence electrons. The Balaban J connectivity index is 1.60. The molecule has 4 nitrogen and oxygen atoms in total. The molecule has 2 N–H and O–H groups in total. The van der Waals surface area contributed by atoms with Gasteiger partial charge >= 0.3 is 0 Å². The molecule has 0 bridgehead atoms. The SMILES string of the molecule is CSC1C(=O)Nc2c(Cl)ccc(OCCNCc3cccs3)c21. The van der Waals surface area contributed by atoms with Crippen molar-refractivity contribution in [3.8, 4) is 5.75 Å². The number of fused-ring (bicyclic) bond motifs is 1. The number of hydrogen-bond acceptors (Lipinski definition) is 5. The van der Waals surface area contributed by atoms with Crippen molar-refractivity contribution in [1.29, 1.82) is 0 Å². The van der Waals surface area contributed by atoms with Crippen LogP contribution >= 0.6 is 34.7 Å². The van der Waals surface area contributed by atoms with Gasteiger partial charge in [-0.3, -0.25) is 4.79 Å². The second-order valence-electron chi connectivity index (χ2n) is 5.04. The Morgan fingerprint density at radius 3 is 3.04 bits per heavy atom. The molecule has 0 aliphatic carbocycles. The summed E-state index contributed by atoms with van der Waals surface area (Å²) in [5.41, 5.74) is 1.54. The lowest BCUT2D eigenvalue weighted by Crippen LogP contribution is -2.20. The van der Waals surface area contributed by atoms with Crippen molar-refractivity contribution in [3.63, 3.8) is 0 Å². The molecule has 1 aliphatic heterocycles. The fourth-order valence-electron chi connectivity index (χ4n) is 2.49. The van der Waals surface area contributed by atoms with Crippen molar-refractivity contribution in [2.24, 2.45) is 0 Å². The second-order valence-corrected chi connectivity index (χ2v) is 7.43. The van der Waals surface area contributed by atoms with Crippen LogP contribution in [-0.4, -0.2) is 25.3 Å². The highest BCUT2D eigenvalue weighted by Gasteiger charge is 2.34. The van der Waals surface area contributed by atoms with Gasteiger partial charge in [-0.2, -0.15) is 0 Å². The maximum absolute atomic E-state index is 12.0. The van der Waals surface area contributed by atoms with Gasteiger partial charge in [0.1, 0.15) is 17.6 Å². The first-order chi connectivity index (χ1) is 11.2. The third-order valence-corrected chi connectivity index (χ3v) is 5.67. The summed E-state index contributed by atoms with van der Waals surface area (Å²) >= 11 is 9.39. The molecule has 1 unspecified atom stereocenters. The van der Waals surface area contributed by atoms with Gasteiger partial charge in [0.2, 0.25) is 5.91 Å². The van der Waals surface area contributed by atoms with Crippen LogP contribution in [0, 0.1) is 0 Å². The third kappa shape index (κ3) is 3.66. The second kappa shape index (κ2) is 7.57. The molecule has 1 aromatic carbocycles. The molecule has 2 heterocycles. The summed E-state index contributed by atoms with van der Waals surface area (Å²) < 4.78 is 5.88. The first-order valence-corrected chi connectivity index (χ1v) is 9.77. The van der Waals surface area contributed by atoms with Crippen LogP contribution in [0.4, 0.5) is 5.69 Å². The molecule has 0 fully saturated rings. The number of rotatable bonds is 7. The molecule has 0 saturated heterocycles. The van der Waals surface area contributed by atoms with Crippen molar-refractivity contribution in [2.75, 3.05) is 24.7 Å². The molecule has 1 aromatic heterocycles. The fourth-order valence-corrected chi connectivity index (χ4v) is 4.12. The standard InChI is InChI=1S/C16H17ClN2O2S2/c1-22-15-13-12(5-4-11(17)14(13)19-16(15)20)21-7-6-18-9-10-3-2-8-23-10/h2-5,8,15,18H,6-7,9H2,1H3,(H,19,20). The van der Waals surface area contributed by atoms with E-state index < -0.39 is 0 Å². The van der Waals surface area contributed by atoms with Crippen LogP contribution in [0.15, 0.2) is 29.6 Å². The number of carbonyl (C=O) groups excluding carboxylic acids is 1. The van der Waals surface area contributed by atoms with Gasteiger partial charge in [0, 0.05) is 23.5 Å². The smallest absolute Gasteiger partial charge is 0.242 e. The average Bonchev–Trinajstić information content (AvgIpc) is 3.16. The van der Waals surface area contributed by atoms with Gasteiger partial charge in [-0.15, -0.1) is 23.1 Å². The van der Waals surface area contributed by atoms with Gasteiger partial charge in [0.15, 0.2) is 0 Å².